The Morgan fingerprint density at radius 1 is 1.90 bits per heavy atom. The lowest BCUT2D eigenvalue weighted by molar-refractivity contribution is -0.134. The lowest BCUT2D eigenvalue weighted by Gasteiger charge is -2.20. The molecular weight excluding hydrogens is 136 g/mol. The van der Waals surface area contributed by atoms with Gasteiger partial charge in [0, 0.05) is 13.5 Å². The zero-order valence-electron chi connectivity index (χ0n) is 5.63. The summed E-state index contributed by atoms with van der Waals surface area (Å²) in [4.78, 5) is 19.0. The molecule has 0 bridgehead atoms. The van der Waals surface area contributed by atoms with Crippen LogP contribution >= 0.6 is 0 Å². The number of hydrogen-bond donors (Lipinski definition) is 3. The summed E-state index contributed by atoms with van der Waals surface area (Å²) in [6.07, 6.45) is 0. The summed E-state index contributed by atoms with van der Waals surface area (Å²) >= 11 is 0. The largest absolute Gasteiger partial charge is 0.481 e. The van der Waals surface area contributed by atoms with E-state index in [9.17, 15) is 4.79 Å². The molecule has 4 N–H and O–H groups in total. The van der Waals surface area contributed by atoms with Gasteiger partial charge in [0.25, 0.3) is 5.97 Å². The molecule has 0 aromatic rings. The molecule has 1 fully saturated rings. The van der Waals surface area contributed by atoms with Gasteiger partial charge in [-0.3, -0.25) is 9.59 Å². The Balaban J connectivity index is 0.000000180. The smallest absolute Gasteiger partial charge is 0.300 e. The molecule has 1 rings (SSSR count). The Hall–Kier alpha value is -1.10. The zero-order valence-corrected chi connectivity index (χ0v) is 5.63. The molecule has 1 aliphatic heterocycles. The maximum absolute atomic E-state index is 9.99. The fraction of sp³-hybridized carbons (Fsp3) is 0.600. The molecule has 5 nitrogen and oxygen atoms in total. The molecule has 0 spiro atoms. The van der Waals surface area contributed by atoms with Gasteiger partial charge in [-0.1, -0.05) is 0 Å². The molecule has 58 valence electrons. The molecule has 0 aromatic heterocycles. The minimum Gasteiger partial charge on any atom is -0.481 e. The van der Waals surface area contributed by atoms with E-state index < -0.39 is 5.97 Å². The Morgan fingerprint density at radius 2 is 2.20 bits per heavy atom. The van der Waals surface area contributed by atoms with Crippen LogP contribution in [0, 0.1) is 0 Å². The van der Waals surface area contributed by atoms with E-state index in [-0.39, 0.29) is 11.9 Å². The van der Waals surface area contributed by atoms with Crippen molar-refractivity contribution in [1.82, 2.24) is 5.32 Å². The zero-order chi connectivity index (χ0) is 8.15. The van der Waals surface area contributed by atoms with Gasteiger partial charge in [0.05, 0.1) is 0 Å². The summed E-state index contributed by atoms with van der Waals surface area (Å²) < 4.78 is 0. The number of carboxylic acids is 1. The van der Waals surface area contributed by atoms with Crippen LogP contribution < -0.4 is 11.1 Å². The van der Waals surface area contributed by atoms with Gasteiger partial charge in [-0.25, -0.2) is 0 Å². The maximum Gasteiger partial charge on any atom is 0.300 e. The number of hydrogen-bond acceptors (Lipinski definition) is 3. The third-order valence-electron chi connectivity index (χ3n) is 0.833. The Kier molecular flexibility index (Phi) is 3.42. The van der Waals surface area contributed by atoms with Gasteiger partial charge in [-0.2, -0.15) is 0 Å². The molecule has 0 aromatic carbocycles. The molecule has 1 saturated heterocycles. The number of aliphatic carboxylic acids is 1. The van der Waals surface area contributed by atoms with E-state index in [1.165, 1.54) is 0 Å². The number of carbonyl (C=O) groups excluding carboxylic acids is 1. The van der Waals surface area contributed by atoms with Crippen LogP contribution in [0.25, 0.3) is 0 Å². The molecule has 0 saturated carbocycles. The van der Waals surface area contributed by atoms with Crippen molar-refractivity contribution in [1.29, 1.82) is 0 Å². The second-order valence-electron chi connectivity index (χ2n) is 1.87. The highest BCUT2D eigenvalue weighted by Gasteiger charge is 2.21. The van der Waals surface area contributed by atoms with Crippen LogP contribution in [0.5, 0.6) is 0 Å². The average molecular weight is 146 g/mol. The highest BCUT2D eigenvalue weighted by Crippen LogP contribution is 1.85. The number of carbonyl (C=O) groups is 2. The number of carboxylic acid groups (broad SMARTS) is 1. The number of amides is 1. The highest BCUT2D eigenvalue weighted by molar-refractivity contribution is 5.87. The summed E-state index contributed by atoms with van der Waals surface area (Å²) in [7, 11) is 0. The highest BCUT2D eigenvalue weighted by atomic mass is 16.4. The SMILES string of the molecule is CC(=O)O.NC1CNC1=O. The predicted octanol–water partition coefficient (Wildman–Crippen LogP) is -1.47. The fourth-order valence-electron chi connectivity index (χ4n) is 0.303. The lowest BCUT2D eigenvalue weighted by atomic mass is 10.2. The van der Waals surface area contributed by atoms with Crippen molar-refractivity contribution in [3.05, 3.63) is 0 Å². The molecule has 0 radical (unpaired) electrons. The minimum absolute atomic E-state index is 0.0324. The first-order valence-electron chi connectivity index (χ1n) is 2.77. The minimum atomic E-state index is -0.833. The van der Waals surface area contributed by atoms with E-state index in [2.05, 4.69) is 5.32 Å². The molecular formula is C5H10N2O3. The third kappa shape index (κ3) is 3.85. The second kappa shape index (κ2) is 3.84. The molecule has 10 heavy (non-hydrogen) atoms. The average Bonchev–Trinajstić information content (AvgIpc) is 1.83. The summed E-state index contributed by atoms with van der Waals surface area (Å²) in [6.45, 7) is 1.73. The molecule has 1 atom stereocenters. The van der Waals surface area contributed by atoms with Crippen molar-refractivity contribution in [2.75, 3.05) is 6.54 Å². The van der Waals surface area contributed by atoms with Crippen LogP contribution in [0.4, 0.5) is 0 Å². The normalized spacial score (nSPS) is 21.4. The molecule has 1 amide bonds. The quantitative estimate of drug-likeness (QED) is 0.364. The van der Waals surface area contributed by atoms with Crippen molar-refractivity contribution in [3.8, 4) is 0 Å². The Bertz CT molecular complexity index is 142. The first-order chi connectivity index (χ1) is 4.54. The summed E-state index contributed by atoms with van der Waals surface area (Å²) in [6, 6.07) is -0.218. The van der Waals surface area contributed by atoms with E-state index in [1.54, 1.807) is 0 Å². The summed E-state index contributed by atoms with van der Waals surface area (Å²) in [5.41, 5.74) is 5.11. The van der Waals surface area contributed by atoms with E-state index in [0.717, 1.165) is 6.92 Å². The van der Waals surface area contributed by atoms with E-state index in [1.807, 2.05) is 0 Å². The van der Waals surface area contributed by atoms with Gasteiger partial charge in [0.1, 0.15) is 6.04 Å². The molecule has 1 unspecified atom stereocenters. The van der Waals surface area contributed by atoms with Gasteiger partial charge < -0.3 is 16.2 Å². The molecule has 5 heteroatoms. The van der Waals surface area contributed by atoms with E-state index >= 15 is 0 Å². The Labute approximate surface area is 58.2 Å². The van der Waals surface area contributed by atoms with Gasteiger partial charge in [0.15, 0.2) is 0 Å². The molecule has 1 aliphatic rings. The predicted molar refractivity (Wildman–Crippen MR) is 34.3 cm³/mol. The second-order valence-corrected chi connectivity index (χ2v) is 1.87. The van der Waals surface area contributed by atoms with Crippen molar-refractivity contribution in [3.63, 3.8) is 0 Å². The van der Waals surface area contributed by atoms with Gasteiger partial charge in [-0.05, 0) is 0 Å². The fourth-order valence-corrected chi connectivity index (χ4v) is 0.303. The molecule has 0 aliphatic carbocycles. The van der Waals surface area contributed by atoms with Crippen molar-refractivity contribution in [2.24, 2.45) is 5.73 Å². The van der Waals surface area contributed by atoms with Crippen LogP contribution in [0.2, 0.25) is 0 Å². The van der Waals surface area contributed by atoms with E-state index in [0.29, 0.717) is 6.54 Å². The van der Waals surface area contributed by atoms with Gasteiger partial charge in [0.2, 0.25) is 5.91 Å². The van der Waals surface area contributed by atoms with Gasteiger partial charge >= 0.3 is 0 Å². The standard InChI is InChI=1S/C3H6N2O.C2H4O2/c4-2-1-5-3(2)6;1-2(3)4/h2H,1,4H2,(H,5,6);1H3,(H,3,4). The van der Waals surface area contributed by atoms with Crippen LogP contribution in [-0.4, -0.2) is 29.6 Å². The number of nitrogens with two attached hydrogens (primary N) is 1. The summed E-state index contributed by atoms with van der Waals surface area (Å²) in [5, 5.41) is 9.91. The third-order valence-corrected chi connectivity index (χ3v) is 0.833. The Morgan fingerprint density at radius 3 is 2.20 bits per heavy atom. The van der Waals surface area contributed by atoms with Crippen molar-refractivity contribution < 1.29 is 14.7 Å². The summed E-state index contributed by atoms with van der Waals surface area (Å²) in [5.74, 6) is -0.866. The van der Waals surface area contributed by atoms with Crippen molar-refractivity contribution >= 4 is 11.9 Å². The number of β-lactam (4-membered cyclic amide) rings is 1. The topological polar surface area (TPSA) is 92.4 Å². The maximum atomic E-state index is 9.99. The monoisotopic (exact) mass is 146 g/mol. The number of nitrogens with one attached hydrogen (secondary N) is 1. The van der Waals surface area contributed by atoms with Crippen LogP contribution in [0.3, 0.4) is 0 Å². The van der Waals surface area contributed by atoms with E-state index in [4.69, 9.17) is 15.6 Å². The van der Waals surface area contributed by atoms with Crippen molar-refractivity contribution in [2.45, 2.75) is 13.0 Å². The van der Waals surface area contributed by atoms with Gasteiger partial charge in [-0.15, -0.1) is 0 Å². The van der Waals surface area contributed by atoms with Crippen LogP contribution in [0.15, 0.2) is 0 Å². The van der Waals surface area contributed by atoms with Crippen LogP contribution in [0.1, 0.15) is 6.92 Å². The first kappa shape index (κ1) is 8.90. The molecule has 1 heterocycles. The number of rotatable bonds is 0. The first-order valence-corrected chi connectivity index (χ1v) is 2.77. The van der Waals surface area contributed by atoms with Crippen LogP contribution in [-0.2, 0) is 9.59 Å². The lowest BCUT2D eigenvalue weighted by Crippen LogP contribution is -2.58.